The maximum atomic E-state index is 5.52. The van der Waals surface area contributed by atoms with Crippen molar-refractivity contribution in [3.05, 3.63) is 23.3 Å². The van der Waals surface area contributed by atoms with Gasteiger partial charge in [0.2, 0.25) is 0 Å². The van der Waals surface area contributed by atoms with E-state index in [1.165, 1.54) is 5.56 Å². The molecule has 0 fully saturated rings. The minimum Gasteiger partial charge on any atom is -0.496 e. The Morgan fingerprint density at radius 1 is 1.05 bits per heavy atom. The smallest absolute Gasteiger partial charge is 0.127 e. The fourth-order valence-electron chi connectivity index (χ4n) is 2.25. The highest BCUT2D eigenvalue weighted by Crippen LogP contribution is 2.31. The predicted molar refractivity (Wildman–Crippen MR) is 83.8 cm³/mol. The zero-order chi connectivity index (χ0) is 14.8. The molecule has 0 spiro atoms. The van der Waals surface area contributed by atoms with Gasteiger partial charge in [0.15, 0.2) is 0 Å². The number of ether oxygens (including phenoxy) is 2. The summed E-state index contributed by atoms with van der Waals surface area (Å²) in [5.41, 5.74) is 2.36. The molecule has 0 unspecified atom stereocenters. The van der Waals surface area contributed by atoms with E-state index in [1.54, 1.807) is 14.2 Å². The van der Waals surface area contributed by atoms with Gasteiger partial charge in [-0.15, -0.1) is 0 Å². The van der Waals surface area contributed by atoms with Crippen LogP contribution in [0.1, 0.15) is 30.9 Å². The fraction of sp³-hybridized carbons (Fsp3) is 0.625. The van der Waals surface area contributed by atoms with E-state index in [0.717, 1.165) is 56.0 Å². The molecular formula is C16H28N2O2. The van der Waals surface area contributed by atoms with Crippen molar-refractivity contribution in [1.82, 2.24) is 10.6 Å². The van der Waals surface area contributed by atoms with Crippen LogP contribution < -0.4 is 20.1 Å². The molecule has 0 aliphatic carbocycles. The van der Waals surface area contributed by atoms with Crippen molar-refractivity contribution >= 4 is 0 Å². The van der Waals surface area contributed by atoms with Crippen LogP contribution >= 0.6 is 0 Å². The Morgan fingerprint density at radius 2 is 1.70 bits per heavy atom. The van der Waals surface area contributed by atoms with Crippen LogP contribution in [0.4, 0.5) is 0 Å². The SMILES string of the molecule is CCCc1cc(OC)c(CNCCCNC)c(OC)c1. The third-order valence-electron chi connectivity index (χ3n) is 3.29. The zero-order valence-corrected chi connectivity index (χ0v) is 13.2. The summed E-state index contributed by atoms with van der Waals surface area (Å²) in [5, 5.41) is 6.58. The molecule has 20 heavy (non-hydrogen) atoms. The van der Waals surface area contributed by atoms with Crippen LogP contribution in [0.15, 0.2) is 12.1 Å². The van der Waals surface area contributed by atoms with Crippen LogP contribution in [0.25, 0.3) is 0 Å². The minimum absolute atomic E-state index is 0.766. The molecule has 2 N–H and O–H groups in total. The first-order valence-corrected chi connectivity index (χ1v) is 7.35. The summed E-state index contributed by atoms with van der Waals surface area (Å²) in [4.78, 5) is 0. The Bertz CT molecular complexity index is 369. The molecule has 0 atom stereocenters. The van der Waals surface area contributed by atoms with Gasteiger partial charge in [-0.2, -0.15) is 0 Å². The van der Waals surface area contributed by atoms with E-state index in [2.05, 4.69) is 29.7 Å². The highest BCUT2D eigenvalue weighted by molar-refractivity contribution is 5.48. The third kappa shape index (κ3) is 5.02. The van der Waals surface area contributed by atoms with Crippen LogP contribution in [-0.4, -0.2) is 34.4 Å². The highest BCUT2D eigenvalue weighted by atomic mass is 16.5. The van der Waals surface area contributed by atoms with E-state index < -0.39 is 0 Å². The molecule has 114 valence electrons. The van der Waals surface area contributed by atoms with Gasteiger partial charge in [-0.25, -0.2) is 0 Å². The van der Waals surface area contributed by atoms with E-state index in [1.807, 2.05) is 7.05 Å². The van der Waals surface area contributed by atoms with Gasteiger partial charge in [0, 0.05) is 12.1 Å². The summed E-state index contributed by atoms with van der Waals surface area (Å²) in [5.74, 6) is 1.82. The molecule has 0 aliphatic rings. The Hall–Kier alpha value is -1.26. The molecule has 1 aromatic rings. The summed E-state index contributed by atoms with van der Waals surface area (Å²) < 4.78 is 11.0. The van der Waals surface area contributed by atoms with E-state index in [4.69, 9.17) is 9.47 Å². The molecule has 0 saturated carbocycles. The molecule has 0 radical (unpaired) electrons. The van der Waals surface area contributed by atoms with Crippen molar-refractivity contribution in [1.29, 1.82) is 0 Å². The summed E-state index contributed by atoms with van der Waals surface area (Å²) >= 11 is 0. The topological polar surface area (TPSA) is 42.5 Å². The van der Waals surface area contributed by atoms with Crippen LogP contribution in [0, 0.1) is 0 Å². The van der Waals surface area contributed by atoms with Crippen LogP contribution in [0.5, 0.6) is 11.5 Å². The summed E-state index contributed by atoms with van der Waals surface area (Å²) in [6.45, 7) is 4.94. The van der Waals surface area contributed by atoms with Gasteiger partial charge in [0.25, 0.3) is 0 Å². The van der Waals surface area contributed by atoms with E-state index in [-0.39, 0.29) is 0 Å². The molecule has 1 aromatic carbocycles. The second-order valence-electron chi connectivity index (χ2n) is 4.86. The van der Waals surface area contributed by atoms with E-state index >= 15 is 0 Å². The first-order chi connectivity index (χ1) is 9.76. The Kier molecular flexibility index (Phi) is 8.07. The number of hydrogen-bond donors (Lipinski definition) is 2. The molecule has 0 saturated heterocycles. The number of benzene rings is 1. The maximum absolute atomic E-state index is 5.52. The van der Waals surface area contributed by atoms with Gasteiger partial charge in [-0.1, -0.05) is 13.3 Å². The normalized spacial score (nSPS) is 10.6. The molecule has 4 heteroatoms. The van der Waals surface area contributed by atoms with Crippen molar-refractivity contribution in [2.75, 3.05) is 34.4 Å². The minimum atomic E-state index is 0.766. The number of nitrogens with one attached hydrogen (secondary N) is 2. The molecule has 0 amide bonds. The first-order valence-electron chi connectivity index (χ1n) is 7.35. The van der Waals surface area contributed by atoms with Gasteiger partial charge in [0.05, 0.1) is 14.2 Å². The highest BCUT2D eigenvalue weighted by Gasteiger charge is 2.12. The van der Waals surface area contributed by atoms with Crippen LogP contribution in [0.2, 0.25) is 0 Å². The molecule has 0 aliphatic heterocycles. The molecule has 0 bridgehead atoms. The van der Waals surface area contributed by atoms with Crippen molar-refractivity contribution < 1.29 is 9.47 Å². The summed E-state index contributed by atoms with van der Waals surface area (Å²) in [7, 11) is 5.41. The van der Waals surface area contributed by atoms with Crippen molar-refractivity contribution in [2.24, 2.45) is 0 Å². The lowest BCUT2D eigenvalue weighted by Crippen LogP contribution is -2.20. The van der Waals surface area contributed by atoms with Gasteiger partial charge >= 0.3 is 0 Å². The average Bonchev–Trinajstić information content (AvgIpc) is 2.47. The maximum Gasteiger partial charge on any atom is 0.127 e. The number of hydrogen-bond acceptors (Lipinski definition) is 4. The lowest BCUT2D eigenvalue weighted by atomic mass is 10.0. The Labute approximate surface area is 122 Å². The van der Waals surface area contributed by atoms with Crippen molar-refractivity contribution in [2.45, 2.75) is 32.7 Å². The van der Waals surface area contributed by atoms with Gasteiger partial charge in [-0.3, -0.25) is 0 Å². The van der Waals surface area contributed by atoms with E-state index in [0.29, 0.717) is 0 Å². The summed E-state index contributed by atoms with van der Waals surface area (Å²) in [6.07, 6.45) is 3.27. The second-order valence-corrected chi connectivity index (χ2v) is 4.86. The molecule has 0 heterocycles. The lowest BCUT2D eigenvalue weighted by Gasteiger charge is -2.16. The summed E-state index contributed by atoms with van der Waals surface area (Å²) in [6, 6.07) is 4.24. The number of rotatable bonds is 10. The van der Waals surface area contributed by atoms with Gasteiger partial charge in [0.1, 0.15) is 11.5 Å². The molecule has 0 aromatic heterocycles. The second kappa shape index (κ2) is 9.61. The van der Waals surface area contributed by atoms with Crippen molar-refractivity contribution in [3.8, 4) is 11.5 Å². The standard InChI is InChI=1S/C16H28N2O2/c1-5-7-13-10-15(19-3)14(16(11-13)20-4)12-18-9-6-8-17-2/h10-11,17-18H,5-9,12H2,1-4H3. The molecular weight excluding hydrogens is 252 g/mol. The quantitative estimate of drug-likeness (QED) is 0.646. The number of methoxy groups -OCH3 is 2. The Morgan fingerprint density at radius 3 is 2.20 bits per heavy atom. The van der Waals surface area contributed by atoms with E-state index in [9.17, 15) is 0 Å². The predicted octanol–water partition coefficient (Wildman–Crippen LogP) is 2.36. The largest absolute Gasteiger partial charge is 0.496 e. The lowest BCUT2D eigenvalue weighted by molar-refractivity contribution is 0.381. The van der Waals surface area contributed by atoms with Crippen molar-refractivity contribution in [3.63, 3.8) is 0 Å². The van der Waals surface area contributed by atoms with Crippen LogP contribution in [0.3, 0.4) is 0 Å². The first kappa shape index (κ1) is 16.8. The fourth-order valence-corrected chi connectivity index (χ4v) is 2.25. The van der Waals surface area contributed by atoms with Crippen LogP contribution in [-0.2, 0) is 13.0 Å². The molecule has 4 nitrogen and oxygen atoms in total. The zero-order valence-electron chi connectivity index (χ0n) is 13.2. The van der Waals surface area contributed by atoms with Gasteiger partial charge in [-0.05, 0) is 50.7 Å². The average molecular weight is 280 g/mol. The number of aryl methyl sites for hydroxylation is 1. The Balaban J connectivity index is 2.76. The van der Waals surface area contributed by atoms with Gasteiger partial charge < -0.3 is 20.1 Å². The monoisotopic (exact) mass is 280 g/mol. The third-order valence-corrected chi connectivity index (χ3v) is 3.29. The molecule has 1 rings (SSSR count).